The molecule has 0 aliphatic carbocycles. The number of hydrogen-bond donors (Lipinski definition) is 1. The summed E-state index contributed by atoms with van der Waals surface area (Å²) in [5.41, 5.74) is 1.56. The van der Waals surface area contributed by atoms with Crippen LogP contribution in [0.4, 0.5) is 4.39 Å². The van der Waals surface area contributed by atoms with Crippen molar-refractivity contribution in [1.29, 1.82) is 0 Å². The number of nitrogens with zero attached hydrogens (tertiary/aromatic N) is 3. The lowest BCUT2D eigenvalue weighted by Crippen LogP contribution is -2.27. The summed E-state index contributed by atoms with van der Waals surface area (Å²) in [7, 11) is 0. The first-order valence-corrected chi connectivity index (χ1v) is 12.2. The summed E-state index contributed by atoms with van der Waals surface area (Å²) in [5, 5.41) is 14.1. The molecule has 1 atom stereocenters. The van der Waals surface area contributed by atoms with E-state index in [0.717, 1.165) is 11.3 Å². The van der Waals surface area contributed by atoms with Gasteiger partial charge < -0.3 is 9.88 Å². The number of thioether (sulfide) groups is 1. The number of thiophene rings is 1. The first-order valence-electron chi connectivity index (χ1n) is 10.3. The Hall–Kier alpha value is -2.97. The van der Waals surface area contributed by atoms with Gasteiger partial charge in [-0.3, -0.25) is 4.79 Å². The number of nitrogens with one attached hydrogen (secondary N) is 1. The Kier molecular flexibility index (Phi) is 7.34. The van der Waals surface area contributed by atoms with Gasteiger partial charge in [-0.25, -0.2) is 4.39 Å². The number of aromatic nitrogens is 3. The number of rotatable bonds is 9. The monoisotopic (exact) mass is 466 g/mol. The Morgan fingerprint density at radius 2 is 1.88 bits per heavy atom. The highest BCUT2D eigenvalue weighted by atomic mass is 32.2. The van der Waals surface area contributed by atoms with Crippen molar-refractivity contribution in [3.63, 3.8) is 0 Å². The van der Waals surface area contributed by atoms with E-state index in [0.29, 0.717) is 23.1 Å². The number of carbonyl (C=O) groups excluding carboxylic acids is 1. The van der Waals surface area contributed by atoms with Gasteiger partial charge in [0.05, 0.1) is 17.4 Å². The van der Waals surface area contributed by atoms with Crippen LogP contribution in [0.15, 0.2) is 77.3 Å². The molecule has 2 heterocycles. The molecule has 0 fully saturated rings. The maximum absolute atomic E-state index is 14.5. The van der Waals surface area contributed by atoms with E-state index in [2.05, 4.69) is 27.6 Å². The SMILES string of the molecule is C[C@H](NC(=O)CSc1nnc(-c2ccccc2F)n1CCc1ccccc1)c1cccs1. The van der Waals surface area contributed by atoms with Gasteiger partial charge in [0.25, 0.3) is 0 Å². The van der Waals surface area contributed by atoms with E-state index in [4.69, 9.17) is 0 Å². The van der Waals surface area contributed by atoms with Crippen molar-refractivity contribution in [2.45, 2.75) is 31.1 Å². The van der Waals surface area contributed by atoms with Gasteiger partial charge in [-0.05, 0) is 42.5 Å². The molecule has 4 rings (SSSR count). The van der Waals surface area contributed by atoms with E-state index < -0.39 is 0 Å². The standard InChI is InChI=1S/C24H23FN4OS2/c1-17(21-12-7-15-31-21)26-22(30)16-32-24-28-27-23(19-10-5-6-11-20(19)25)29(24)14-13-18-8-3-2-4-9-18/h2-12,15,17H,13-14,16H2,1H3,(H,26,30)/t17-/m0/s1. The van der Waals surface area contributed by atoms with Gasteiger partial charge in [-0.2, -0.15) is 0 Å². The lowest BCUT2D eigenvalue weighted by molar-refractivity contribution is -0.119. The first kappa shape index (κ1) is 22.2. The molecule has 1 amide bonds. The summed E-state index contributed by atoms with van der Waals surface area (Å²) >= 11 is 2.92. The fourth-order valence-electron chi connectivity index (χ4n) is 3.35. The zero-order valence-corrected chi connectivity index (χ0v) is 19.2. The molecule has 2 aromatic heterocycles. The maximum atomic E-state index is 14.5. The van der Waals surface area contributed by atoms with E-state index in [-0.39, 0.29) is 23.5 Å². The largest absolute Gasteiger partial charge is 0.348 e. The van der Waals surface area contributed by atoms with Crippen molar-refractivity contribution in [1.82, 2.24) is 20.1 Å². The molecule has 5 nitrogen and oxygen atoms in total. The molecule has 0 spiro atoms. The van der Waals surface area contributed by atoms with Crippen LogP contribution in [0.1, 0.15) is 23.4 Å². The Bertz CT molecular complexity index is 1160. The predicted molar refractivity (Wildman–Crippen MR) is 127 cm³/mol. The van der Waals surface area contributed by atoms with Crippen LogP contribution >= 0.6 is 23.1 Å². The minimum atomic E-state index is -0.347. The van der Waals surface area contributed by atoms with Crippen LogP contribution in [0.25, 0.3) is 11.4 Å². The van der Waals surface area contributed by atoms with Crippen LogP contribution < -0.4 is 5.32 Å². The Balaban J connectivity index is 1.50. The zero-order valence-electron chi connectivity index (χ0n) is 17.6. The van der Waals surface area contributed by atoms with Crippen LogP contribution in [0, 0.1) is 5.82 Å². The number of benzene rings is 2. The average Bonchev–Trinajstić information content (AvgIpc) is 3.48. The van der Waals surface area contributed by atoms with Crippen LogP contribution in [-0.2, 0) is 17.8 Å². The molecular weight excluding hydrogens is 443 g/mol. The fraction of sp³-hybridized carbons (Fsp3) is 0.208. The number of aryl methyl sites for hydroxylation is 1. The minimum absolute atomic E-state index is 0.0481. The van der Waals surface area contributed by atoms with E-state index >= 15 is 0 Å². The molecule has 0 radical (unpaired) electrons. The molecule has 0 aliphatic rings. The Labute approximate surface area is 194 Å². The van der Waals surface area contributed by atoms with Gasteiger partial charge in [0.1, 0.15) is 5.82 Å². The van der Waals surface area contributed by atoms with Crippen LogP contribution in [0.2, 0.25) is 0 Å². The maximum Gasteiger partial charge on any atom is 0.230 e. The average molecular weight is 467 g/mol. The van der Waals surface area contributed by atoms with Crippen molar-refractivity contribution in [3.8, 4) is 11.4 Å². The van der Waals surface area contributed by atoms with Gasteiger partial charge in [-0.15, -0.1) is 21.5 Å². The molecule has 0 aliphatic heterocycles. The molecular formula is C24H23FN4OS2. The second kappa shape index (κ2) is 10.6. The van der Waals surface area contributed by atoms with E-state index in [9.17, 15) is 9.18 Å². The lowest BCUT2D eigenvalue weighted by Gasteiger charge is -2.13. The quantitative estimate of drug-likeness (QED) is 0.338. The van der Waals surface area contributed by atoms with Crippen molar-refractivity contribution < 1.29 is 9.18 Å². The van der Waals surface area contributed by atoms with Crippen LogP contribution in [0.5, 0.6) is 0 Å². The van der Waals surface area contributed by atoms with E-state index in [1.807, 2.05) is 47.2 Å². The second-order valence-corrected chi connectivity index (χ2v) is 9.19. The third-order valence-electron chi connectivity index (χ3n) is 4.98. The van der Waals surface area contributed by atoms with Crippen molar-refractivity contribution >= 4 is 29.0 Å². The van der Waals surface area contributed by atoms with Crippen LogP contribution in [-0.4, -0.2) is 26.4 Å². The number of hydrogen-bond acceptors (Lipinski definition) is 5. The normalized spacial score (nSPS) is 11.9. The van der Waals surface area contributed by atoms with Gasteiger partial charge in [0.2, 0.25) is 5.91 Å². The molecule has 32 heavy (non-hydrogen) atoms. The van der Waals surface area contributed by atoms with Crippen molar-refractivity contribution in [2.24, 2.45) is 0 Å². The molecule has 8 heteroatoms. The summed E-state index contributed by atoms with van der Waals surface area (Å²) in [5.74, 6) is 0.242. The molecule has 0 saturated carbocycles. The minimum Gasteiger partial charge on any atom is -0.348 e. The molecule has 0 unspecified atom stereocenters. The summed E-state index contributed by atoms with van der Waals surface area (Å²) in [6, 6.07) is 20.5. The number of amides is 1. The lowest BCUT2D eigenvalue weighted by atomic mass is 10.1. The molecule has 0 bridgehead atoms. The smallest absolute Gasteiger partial charge is 0.230 e. The fourth-order valence-corrected chi connectivity index (χ4v) is 4.86. The summed E-state index contributed by atoms with van der Waals surface area (Å²) in [6.07, 6.45) is 0.746. The number of carbonyl (C=O) groups is 1. The predicted octanol–water partition coefficient (Wildman–Crippen LogP) is 5.36. The third kappa shape index (κ3) is 5.44. The molecule has 0 saturated heterocycles. The van der Waals surface area contributed by atoms with Crippen LogP contribution in [0.3, 0.4) is 0 Å². The summed E-state index contributed by atoms with van der Waals surface area (Å²) in [6.45, 7) is 2.54. The molecule has 2 aromatic carbocycles. The van der Waals surface area contributed by atoms with Gasteiger partial charge >= 0.3 is 0 Å². The highest BCUT2D eigenvalue weighted by Crippen LogP contribution is 2.27. The third-order valence-corrected chi connectivity index (χ3v) is 7.00. The van der Waals surface area contributed by atoms with E-state index in [1.54, 1.807) is 29.5 Å². The summed E-state index contributed by atoms with van der Waals surface area (Å²) < 4.78 is 16.4. The first-order chi connectivity index (χ1) is 15.6. The van der Waals surface area contributed by atoms with Gasteiger partial charge in [-0.1, -0.05) is 60.3 Å². The molecule has 4 aromatic rings. The van der Waals surface area contributed by atoms with E-state index in [1.165, 1.54) is 23.4 Å². The molecule has 164 valence electrons. The topological polar surface area (TPSA) is 59.8 Å². The van der Waals surface area contributed by atoms with Crippen molar-refractivity contribution in [3.05, 3.63) is 88.4 Å². The molecule has 1 N–H and O–H groups in total. The Morgan fingerprint density at radius 1 is 1.09 bits per heavy atom. The zero-order chi connectivity index (χ0) is 22.3. The highest BCUT2D eigenvalue weighted by Gasteiger charge is 2.19. The van der Waals surface area contributed by atoms with Gasteiger partial charge in [0.15, 0.2) is 11.0 Å². The second-order valence-electron chi connectivity index (χ2n) is 7.27. The Morgan fingerprint density at radius 3 is 2.62 bits per heavy atom. The van der Waals surface area contributed by atoms with Crippen molar-refractivity contribution in [2.75, 3.05) is 5.75 Å². The highest BCUT2D eigenvalue weighted by molar-refractivity contribution is 7.99. The summed E-state index contributed by atoms with van der Waals surface area (Å²) in [4.78, 5) is 13.6. The number of halogens is 1. The van der Waals surface area contributed by atoms with Gasteiger partial charge in [0, 0.05) is 11.4 Å².